The zero-order valence-corrected chi connectivity index (χ0v) is 34.2. The summed E-state index contributed by atoms with van der Waals surface area (Å²) in [4.78, 5) is 0. The van der Waals surface area contributed by atoms with E-state index in [2.05, 4.69) is 99.1 Å². The molecular weight excluding hydrogens is 615 g/mol. The Labute approximate surface area is 319 Å². The van der Waals surface area contributed by atoms with Crippen LogP contribution in [-0.4, -0.2) is 4.48 Å². The van der Waals surface area contributed by atoms with Crippen molar-refractivity contribution in [3.8, 4) is 0 Å². The summed E-state index contributed by atoms with van der Waals surface area (Å²) in [6, 6.07) is 22.3. The van der Waals surface area contributed by atoms with E-state index < -0.39 is 0 Å². The Morgan fingerprint density at radius 1 is 0.333 bits per heavy atom. The SMILES string of the molecule is CCCCCCCCCCCCCCCC/C=C\[N+](/C=C/CCCCCCCCCCCCCCCC)(Cc1ccccc1)Cc1ccccc1. The van der Waals surface area contributed by atoms with E-state index >= 15 is 0 Å². The topological polar surface area (TPSA) is 0 Å². The third-order valence-corrected chi connectivity index (χ3v) is 10.9. The van der Waals surface area contributed by atoms with E-state index in [-0.39, 0.29) is 0 Å². The van der Waals surface area contributed by atoms with Gasteiger partial charge in [0.05, 0.1) is 12.4 Å². The molecule has 0 aliphatic heterocycles. The Hall–Kier alpha value is -2.12. The number of allylic oxidation sites excluding steroid dienone is 2. The zero-order chi connectivity index (χ0) is 36.2. The summed E-state index contributed by atoms with van der Waals surface area (Å²) in [7, 11) is 0. The van der Waals surface area contributed by atoms with Crippen molar-refractivity contribution in [2.24, 2.45) is 0 Å². The molecule has 0 radical (unpaired) electrons. The molecule has 0 spiro atoms. The molecule has 2 aromatic rings. The standard InChI is InChI=1S/C50H84N/c1-3-5-7-9-11-13-15-17-19-21-23-25-27-29-31-39-45-51(47-49-41-35-33-36-42-49,48-50-43-37-34-38-44-50)46-40-32-30-28-26-24-22-20-18-16-14-12-10-8-6-4-2/h33-46H,3-32,47-48H2,1-2H3/q+1/b45-39-,46-40+. The van der Waals surface area contributed by atoms with Gasteiger partial charge < -0.3 is 0 Å². The van der Waals surface area contributed by atoms with Crippen LogP contribution >= 0.6 is 0 Å². The van der Waals surface area contributed by atoms with Crippen LogP contribution in [0.1, 0.15) is 218 Å². The Balaban J connectivity index is 1.75. The van der Waals surface area contributed by atoms with E-state index in [1.54, 1.807) is 0 Å². The van der Waals surface area contributed by atoms with Crippen LogP contribution in [-0.2, 0) is 13.1 Å². The van der Waals surface area contributed by atoms with Gasteiger partial charge in [0.25, 0.3) is 0 Å². The lowest BCUT2D eigenvalue weighted by molar-refractivity contribution is -0.856. The van der Waals surface area contributed by atoms with Gasteiger partial charge in [-0.1, -0.05) is 241 Å². The summed E-state index contributed by atoms with van der Waals surface area (Å²) >= 11 is 0. The van der Waals surface area contributed by atoms with Crippen LogP contribution in [0.2, 0.25) is 0 Å². The third kappa shape index (κ3) is 26.3. The van der Waals surface area contributed by atoms with E-state index in [0.29, 0.717) is 0 Å². The van der Waals surface area contributed by atoms with Gasteiger partial charge >= 0.3 is 0 Å². The van der Waals surface area contributed by atoms with Gasteiger partial charge in [-0.25, -0.2) is 0 Å². The molecule has 0 aliphatic rings. The Bertz CT molecular complexity index is 952. The lowest BCUT2D eigenvalue weighted by Gasteiger charge is -2.31. The molecule has 2 rings (SSSR count). The molecule has 2 aromatic carbocycles. The van der Waals surface area contributed by atoms with Crippen LogP contribution in [0.25, 0.3) is 0 Å². The predicted molar refractivity (Wildman–Crippen MR) is 229 cm³/mol. The Morgan fingerprint density at radius 2 is 0.588 bits per heavy atom. The smallest absolute Gasteiger partial charge is 0.113 e. The second-order valence-electron chi connectivity index (χ2n) is 15.9. The van der Waals surface area contributed by atoms with Crippen molar-refractivity contribution in [3.63, 3.8) is 0 Å². The van der Waals surface area contributed by atoms with Crippen molar-refractivity contribution in [3.05, 3.63) is 96.3 Å². The van der Waals surface area contributed by atoms with E-state index in [0.717, 1.165) is 17.6 Å². The lowest BCUT2D eigenvalue weighted by Crippen LogP contribution is -2.35. The molecule has 288 valence electrons. The molecule has 0 unspecified atom stereocenters. The fourth-order valence-corrected chi connectivity index (χ4v) is 7.65. The number of hydrogen-bond donors (Lipinski definition) is 0. The number of nitrogens with zero attached hydrogens (tertiary/aromatic N) is 1. The molecule has 0 aromatic heterocycles. The maximum Gasteiger partial charge on any atom is 0.113 e. The van der Waals surface area contributed by atoms with E-state index in [9.17, 15) is 0 Å². The molecular formula is C50H84N+. The van der Waals surface area contributed by atoms with Crippen molar-refractivity contribution in [2.75, 3.05) is 0 Å². The number of quaternary nitrogens is 1. The average molecular weight is 699 g/mol. The molecule has 51 heavy (non-hydrogen) atoms. The van der Waals surface area contributed by atoms with Crippen LogP contribution in [0, 0.1) is 0 Å². The summed E-state index contributed by atoms with van der Waals surface area (Å²) in [5.74, 6) is 0. The largest absolute Gasteiger partial charge is 0.264 e. The summed E-state index contributed by atoms with van der Waals surface area (Å²) in [5.41, 5.74) is 2.83. The van der Waals surface area contributed by atoms with Crippen LogP contribution in [0.4, 0.5) is 0 Å². The molecule has 0 bridgehead atoms. The molecule has 0 fully saturated rings. The fourth-order valence-electron chi connectivity index (χ4n) is 7.65. The van der Waals surface area contributed by atoms with Gasteiger partial charge in [0, 0.05) is 11.1 Å². The van der Waals surface area contributed by atoms with E-state index in [1.165, 1.54) is 204 Å². The number of hydrogen-bond acceptors (Lipinski definition) is 0. The molecule has 0 aliphatic carbocycles. The van der Waals surface area contributed by atoms with Crippen molar-refractivity contribution >= 4 is 0 Å². The highest BCUT2D eigenvalue weighted by atomic mass is 15.3. The highest BCUT2D eigenvalue weighted by Crippen LogP contribution is 2.24. The number of unbranched alkanes of at least 4 members (excludes halogenated alkanes) is 28. The Kier molecular flexibility index (Phi) is 29.8. The third-order valence-electron chi connectivity index (χ3n) is 10.9. The Morgan fingerprint density at radius 3 is 0.863 bits per heavy atom. The minimum Gasteiger partial charge on any atom is -0.264 e. The minimum absolute atomic E-state index is 0.866. The van der Waals surface area contributed by atoms with Crippen molar-refractivity contribution < 1.29 is 4.48 Å². The van der Waals surface area contributed by atoms with Gasteiger partial charge in [-0.2, -0.15) is 0 Å². The van der Waals surface area contributed by atoms with Gasteiger partial charge in [-0.05, 0) is 37.8 Å². The maximum absolute atomic E-state index is 2.53. The zero-order valence-electron chi connectivity index (χ0n) is 34.2. The first kappa shape index (κ1) is 45.0. The van der Waals surface area contributed by atoms with Gasteiger partial charge in [0.2, 0.25) is 0 Å². The van der Waals surface area contributed by atoms with Crippen LogP contribution in [0.5, 0.6) is 0 Å². The maximum atomic E-state index is 2.53. The molecule has 0 atom stereocenters. The summed E-state index contributed by atoms with van der Waals surface area (Å²) in [6.45, 7) is 6.61. The van der Waals surface area contributed by atoms with Crippen LogP contribution in [0.15, 0.2) is 85.2 Å². The molecule has 0 N–H and O–H groups in total. The highest BCUT2D eigenvalue weighted by molar-refractivity contribution is 5.16. The molecule has 1 heteroatoms. The van der Waals surface area contributed by atoms with Crippen LogP contribution < -0.4 is 0 Å². The first-order valence-corrected chi connectivity index (χ1v) is 22.6. The summed E-state index contributed by atoms with van der Waals surface area (Å²) in [6.07, 6.45) is 52.2. The molecule has 0 saturated heterocycles. The molecule has 0 amide bonds. The van der Waals surface area contributed by atoms with Gasteiger partial charge in [-0.15, -0.1) is 0 Å². The highest BCUT2D eigenvalue weighted by Gasteiger charge is 2.23. The molecule has 1 nitrogen and oxygen atoms in total. The van der Waals surface area contributed by atoms with Gasteiger partial charge in [0.1, 0.15) is 13.1 Å². The van der Waals surface area contributed by atoms with Gasteiger partial charge in [-0.3, -0.25) is 4.48 Å². The average Bonchev–Trinajstić information content (AvgIpc) is 3.15. The van der Waals surface area contributed by atoms with Gasteiger partial charge in [0.15, 0.2) is 0 Å². The minimum atomic E-state index is 0.866. The first-order chi connectivity index (χ1) is 25.3. The first-order valence-electron chi connectivity index (χ1n) is 22.6. The van der Waals surface area contributed by atoms with Crippen molar-refractivity contribution in [2.45, 2.75) is 220 Å². The van der Waals surface area contributed by atoms with E-state index in [1.807, 2.05) is 0 Å². The second-order valence-corrected chi connectivity index (χ2v) is 15.9. The summed E-state index contributed by atoms with van der Waals surface area (Å²) < 4.78 is 0.866. The van der Waals surface area contributed by atoms with Crippen LogP contribution in [0.3, 0.4) is 0 Å². The normalized spacial score (nSPS) is 12.1. The number of rotatable bonds is 36. The predicted octanol–water partition coefficient (Wildman–Crippen LogP) is 17.0. The lowest BCUT2D eigenvalue weighted by atomic mass is 10.0. The molecule has 0 saturated carbocycles. The second kappa shape index (κ2) is 33.7. The van der Waals surface area contributed by atoms with Crippen molar-refractivity contribution in [1.82, 2.24) is 0 Å². The fraction of sp³-hybridized carbons (Fsp3) is 0.680. The van der Waals surface area contributed by atoms with E-state index in [4.69, 9.17) is 0 Å². The monoisotopic (exact) mass is 699 g/mol. The number of benzene rings is 2. The van der Waals surface area contributed by atoms with Crippen molar-refractivity contribution in [1.29, 1.82) is 0 Å². The quantitative estimate of drug-likeness (QED) is 0.0491. The summed E-state index contributed by atoms with van der Waals surface area (Å²) in [5, 5.41) is 0. The molecule has 0 heterocycles.